The minimum absolute atomic E-state index is 0.265. The van der Waals surface area contributed by atoms with Crippen LogP contribution in [0.2, 0.25) is 0 Å². The molecule has 0 spiro atoms. The molecule has 3 heteroatoms. The summed E-state index contributed by atoms with van der Waals surface area (Å²) in [5.74, 6) is -0.265. The molecule has 0 fully saturated rings. The van der Waals surface area contributed by atoms with E-state index in [4.69, 9.17) is 5.26 Å². The highest BCUT2D eigenvalue weighted by molar-refractivity contribution is 5.66. The zero-order chi connectivity index (χ0) is 14.7. The molecule has 0 atom stereocenters. The van der Waals surface area contributed by atoms with Crippen LogP contribution in [0, 0.1) is 17.1 Å². The summed E-state index contributed by atoms with van der Waals surface area (Å²) in [5, 5.41) is 9.05. The van der Waals surface area contributed by atoms with E-state index < -0.39 is 0 Å². The molecule has 0 saturated heterocycles. The lowest BCUT2D eigenvalue weighted by molar-refractivity contribution is 0.373. The Hall–Kier alpha value is -2.60. The van der Waals surface area contributed by atoms with E-state index in [0.717, 1.165) is 30.8 Å². The van der Waals surface area contributed by atoms with Crippen molar-refractivity contribution < 1.29 is 4.39 Å². The van der Waals surface area contributed by atoms with Gasteiger partial charge in [0.25, 0.3) is 0 Å². The molecule has 0 bridgehead atoms. The molecule has 1 heterocycles. The molecule has 0 unspecified atom stereocenters. The highest BCUT2D eigenvalue weighted by atomic mass is 19.1. The van der Waals surface area contributed by atoms with Gasteiger partial charge in [0, 0.05) is 19.2 Å². The zero-order valence-corrected chi connectivity index (χ0v) is 11.6. The number of rotatable bonds is 2. The molecule has 1 aliphatic rings. The van der Waals surface area contributed by atoms with Crippen LogP contribution in [0.25, 0.3) is 5.70 Å². The third-order valence-electron chi connectivity index (χ3n) is 3.81. The highest BCUT2D eigenvalue weighted by Gasteiger charge is 2.18. The van der Waals surface area contributed by atoms with E-state index in [0.29, 0.717) is 0 Å². The molecule has 0 radical (unpaired) electrons. The number of nitrogens with zero attached hydrogens (tertiary/aromatic N) is 2. The van der Waals surface area contributed by atoms with Gasteiger partial charge >= 0.3 is 0 Å². The Balaban J connectivity index is 1.92. The molecule has 2 aromatic rings. The number of hydrogen-bond donors (Lipinski definition) is 0. The molecule has 104 valence electrons. The highest BCUT2D eigenvalue weighted by Crippen LogP contribution is 2.27. The van der Waals surface area contributed by atoms with Crippen LogP contribution in [0.3, 0.4) is 0 Å². The topological polar surface area (TPSA) is 27.0 Å². The Labute approximate surface area is 123 Å². The fourth-order valence-electron chi connectivity index (χ4n) is 2.74. The number of halogens is 1. The summed E-state index contributed by atoms with van der Waals surface area (Å²) in [7, 11) is 0. The Bertz CT molecular complexity index is 711. The summed E-state index contributed by atoms with van der Waals surface area (Å²) in [6.45, 7) is 1.64. The van der Waals surface area contributed by atoms with Gasteiger partial charge < -0.3 is 4.90 Å². The van der Waals surface area contributed by atoms with Crippen molar-refractivity contribution in [1.29, 1.82) is 5.26 Å². The Morgan fingerprint density at radius 2 is 1.81 bits per heavy atom. The fraction of sp³-hybridized carbons (Fsp3) is 0.167. The molecular weight excluding hydrogens is 263 g/mol. The summed E-state index contributed by atoms with van der Waals surface area (Å²) in [6, 6.07) is 16.8. The summed E-state index contributed by atoms with van der Waals surface area (Å²) in [6.07, 6.45) is 2.50. The van der Waals surface area contributed by atoms with E-state index in [1.807, 2.05) is 6.07 Å². The van der Waals surface area contributed by atoms with Crippen LogP contribution in [0.5, 0.6) is 0 Å². The maximum absolute atomic E-state index is 13.1. The second-order valence-corrected chi connectivity index (χ2v) is 5.11. The first-order chi connectivity index (χ1) is 10.3. The predicted molar refractivity (Wildman–Crippen MR) is 80.5 cm³/mol. The average Bonchev–Trinajstić information content (AvgIpc) is 2.53. The van der Waals surface area contributed by atoms with E-state index >= 15 is 0 Å². The van der Waals surface area contributed by atoms with Crippen molar-refractivity contribution in [2.75, 3.05) is 6.54 Å². The lowest BCUT2D eigenvalue weighted by Gasteiger charge is -2.32. The maximum atomic E-state index is 13.1. The third-order valence-corrected chi connectivity index (χ3v) is 3.81. The number of nitriles is 1. The van der Waals surface area contributed by atoms with Crippen molar-refractivity contribution in [3.05, 3.63) is 77.1 Å². The van der Waals surface area contributed by atoms with Crippen LogP contribution in [0.1, 0.15) is 16.7 Å². The monoisotopic (exact) mass is 278 g/mol. The molecule has 21 heavy (non-hydrogen) atoms. The van der Waals surface area contributed by atoms with Crippen molar-refractivity contribution in [3.8, 4) is 6.07 Å². The van der Waals surface area contributed by atoms with E-state index in [-0.39, 0.29) is 5.82 Å². The standard InChI is InChI=1S/C18H15FN2/c19-17-7-5-15(6-8-17)18(9-11-20)21-12-10-14-3-1-2-4-16(14)13-21/h1-9H,10,12-13H2/b18-9+. The van der Waals surface area contributed by atoms with Crippen LogP contribution >= 0.6 is 0 Å². The van der Waals surface area contributed by atoms with Gasteiger partial charge in [-0.3, -0.25) is 0 Å². The zero-order valence-electron chi connectivity index (χ0n) is 11.6. The summed E-state index contributed by atoms with van der Waals surface area (Å²) < 4.78 is 13.1. The van der Waals surface area contributed by atoms with Crippen molar-refractivity contribution in [2.45, 2.75) is 13.0 Å². The minimum Gasteiger partial charge on any atom is -0.366 e. The largest absolute Gasteiger partial charge is 0.366 e. The van der Waals surface area contributed by atoms with Gasteiger partial charge in [0.1, 0.15) is 5.82 Å². The molecule has 1 aliphatic heterocycles. The summed E-state index contributed by atoms with van der Waals surface area (Å²) in [4.78, 5) is 2.18. The first-order valence-electron chi connectivity index (χ1n) is 6.95. The SMILES string of the molecule is N#C/C=C(\c1ccc(F)cc1)N1CCc2ccccc2C1. The lowest BCUT2D eigenvalue weighted by atomic mass is 9.98. The molecule has 0 N–H and O–H groups in total. The van der Waals surface area contributed by atoms with Crippen molar-refractivity contribution >= 4 is 5.70 Å². The van der Waals surface area contributed by atoms with Crippen LogP contribution in [0.4, 0.5) is 4.39 Å². The number of fused-ring (bicyclic) bond motifs is 1. The molecule has 0 aliphatic carbocycles. The molecule has 0 saturated carbocycles. The Kier molecular flexibility index (Phi) is 3.70. The van der Waals surface area contributed by atoms with E-state index in [1.54, 1.807) is 18.2 Å². The van der Waals surface area contributed by atoms with Crippen LogP contribution in [-0.4, -0.2) is 11.4 Å². The van der Waals surface area contributed by atoms with Gasteiger partial charge in [-0.2, -0.15) is 5.26 Å². The molecular formula is C18H15FN2. The Morgan fingerprint density at radius 3 is 2.52 bits per heavy atom. The molecule has 0 aromatic heterocycles. The van der Waals surface area contributed by atoms with Gasteiger partial charge in [0.2, 0.25) is 0 Å². The number of hydrogen-bond acceptors (Lipinski definition) is 2. The normalized spacial score (nSPS) is 14.5. The van der Waals surface area contributed by atoms with Gasteiger partial charge in [-0.25, -0.2) is 4.39 Å². The van der Waals surface area contributed by atoms with Gasteiger partial charge in [0.05, 0.1) is 11.8 Å². The van der Waals surface area contributed by atoms with Gasteiger partial charge in [-0.1, -0.05) is 24.3 Å². The maximum Gasteiger partial charge on any atom is 0.123 e. The van der Waals surface area contributed by atoms with Gasteiger partial charge in [0.15, 0.2) is 0 Å². The van der Waals surface area contributed by atoms with Crippen LogP contribution in [-0.2, 0) is 13.0 Å². The quantitative estimate of drug-likeness (QED) is 0.782. The molecule has 3 rings (SSSR count). The average molecular weight is 278 g/mol. The molecule has 2 aromatic carbocycles. The molecule has 2 nitrogen and oxygen atoms in total. The smallest absolute Gasteiger partial charge is 0.123 e. The minimum atomic E-state index is -0.265. The second kappa shape index (κ2) is 5.80. The predicted octanol–water partition coefficient (Wildman–Crippen LogP) is 3.75. The van der Waals surface area contributed by atoms with E-state index in [1.165, 1.54) is 23.3 Å². The van der Waals surface area contributed by atoms with Crippen LogP contribution < -0.4 is 0 Å². The van der Waals surface area contributed by atoms with Crippen molar-refractivity contribution in [3.63, 3.8) is 0 Å². The summed E-state index contributed by atoms with van der Waals surface area (Å²) in [5.41, 5.74) is 4.38. The third kappa shape index (κ3) is 2.80. The van der Waals surface area contributed by atoms with Gasteiger partial charge in [-0.15, -0.1) is 0 Å². The second-order valence-electron chi connectivity index (χ2n) is 5.11. The Morgan fingerprint density at radius 1 is 1.10 bits per heavy atom. The van der Waals surface area contributed by atoms with E-state index in [2.05, 4.69) is 29.2 Å². The first-order valence-corrected chi connectivity index (χ1v) is 6.95. The number of benzene rings is 2. The number of allylic oxidation sites excluding steroid dienone is 1. The van der Waals surface area contributed by atoms with Crippen molar-refractivity contribution in [1.82, 2.24) is 4.90 Å². The van der Waals surface area contributed by atoms with Gasteiger partial charge in [-0.05, 0) is 47.4 Å². The summed E-state index contributed by atoms with van der Waals surface area (Å²) >= 11 is 0. The van der Waals surface area contributed by atoms with E-state index in [9.17, 15) is 4.39 Å². The lowest BCUT2D eigenvalue weighted by Crippen LogP contribution is -2.29. The van der Waals surface area contributed by atoms with Crippen LogP contribution in [0.15, 0.2) is 54.6 Å². The molecule has 0 amide bonds. The van der Waals surface area contributed by atoms with Crippen molar-refractivity contribution in [2.24, 2.45) is 0 Å². The first kappa shape index (κ1) is 13.4. The fourth-order valence-corrected chi connectivity index (χ4v) is 2.74.